The largest absolute Gasteiger partial charge is 0.492 e. The third-order valence-corrected chi connectivity index (χ3v) is 7.44. The minimum absolute atomic E-state index is 0.114. The highest BCUT2D eigenvalue weighted by Crippen LogP contribution is 2.25. The van der Waals surface area contributed by atoms with E-state index in [1.165, 1.54) is 58.0 Å². The number of ether oxygens (including phenoxy) is 1. The van der Waals surface area contributed by atoms with Gasteiger partial charge >= 0.3 is 0 Å². The molecule has 6 heteroatoms. The summed E-state index contributed by atoms with van der Waals surface area (Å²) in [5.74, 6) is 1.46. The molecule has 1 saturated carbocycles. The Morgan fingerprint density at radius 2 is 1.66 bits per heavy atom. The average molecular weight is 444 g/mol. The van der Waals surface area contributed by atoms with Crippen LogP contribution >= 0.6 is 0 Å². The van der Waals surface area contributed by atoms with Crippen LogP contribution in [0.1, 0.15) is 68.1 Å². The normalized spacial score (nSPS) is 26.0. The minimum atomic E-state index is -0.483. The third kappa shape index (κ3) is 6.93. The summed E-state index contributed by atoms with van der Waals surface area (Å²) in [6.45, 7) is 6.84. The van der Waals surface area contributed by atoms with Gasteiger partial charge in [0.05, 0.1) is 12.1 Å². The lowest BCUT2D eigenvalue weighted by Gasteiger charge is -2.31. The molecule has 1 aliphatic carbocycles. The number of carbonyl (C=O) groups excluding carboxylic acids is 1. The van der Waals surface area contributed by atoms with Gasteiger partial charge in [0, 0.05) is 25.2 Å². The van der Waals surface area contributed by atoms with Gasteiger partial charge in [-0.15, -0.1) is 0 Å². The first-order chi connectivity index (χ1) is 15.7. The molecular formula is C26H41N3O3. The number of rotatable bonds is 8. The Morgan fingerprint density at radius 3 is 2.41 bits per heavy atom. The highest BCUT2D eigenvalue weighted by molar-refractivity contribution is 5.94. The predicted molar refractivity (Wildman–Crippen MR) is 127 cm³/mol. The molecule has 3 aliphatic rings. The van der Waals surface area contributed by atoms with E-state index in [2.05, 4.69) is 15.1 Å². The molecule has 4 rings (SSSR count). The van der Waals surface area contributed by atoms with Crippen LogP contribution in [0.3, 0.4) is 0 Å². The highest BCUT2D eigenvalue weighted by Gasteiger charge is 2.28. The highest BCUT2D eigenvalue weighted by atomic mass is 16.5. The van der Waals surface area contributed by atoms with E-state index in [9.17, 15) is 9.90 Å². The fourth-order valence-electron chi connectivity index (χ4n) is 5.51. The van der Waals surface area contributed by atoms with Crippen LogP contribution in [-0.4, -0.2) is 78.8 Å². The van der Waals surface area contributed by atoms with Gasteiger partial charge in [-0.1, -0.05) is 19.3 Å². The van der Waals surface area contributed by atoms with Gasteiger partial charge in [0.15, 0.2) is 0 Å². The second-order valence-electron chi connectivity index (χ2n) is 9.97. The number of carbonyl (C=O) groups is 1. The number of aliphatic hydroxyl groups is 1. The Bertz CT molecular complexity index is 699. The SMILES string of the molecule is O=C(N[C@H]1CN(CC2CCCCC2)CCC[C@H]1O)c1ccc(OCCN2CCCC2)cc1. The van der Waals surface area contributed by atoms with Gasteiger partial charge in [0.1, 0.15) is 12.4 Å². The van der Waals surface area contributed by atoms with Crippen LogP contribution < -0.4 is 10.1 Å². The van der Waals surface area contributed by atoms with Crippen molar-refractivity contribution in [3.05, 3.63) is 29.8 Å². The smallest absolute Gasteiger partial charge is 0.251 e. The third-order valence-electron chi connectivity index (χ3n) is 7.44. The monoisotopic (exact) mass is 443 g/mol. The number of amides is 1. The van der Waals surface area contributed by atoms with E-state index in [4.69, 9.17) is 4.74 Å². The van der Waals surface area contributed by atoms with Gasteiger partial charge in [-0.05, 0) is 88.3 Å². The van der Waals surface area contributed by atoms with Crippen molar-refractivity contribution >= 4 is 5.91 Å². The van der Waals surface area contributed by atoms with Gasteiger partial charge in [0.25, 0.3) is 5.91 Å². The van der Waals surface area contributed by atoms with E-state index < -0.39 is 6.10 Å². The summed E-state index contributed by atoms with van der Waals surface area (Å²) >= 11 is 0. The summed E-state index contributed by atoms with van der Waals surface area (Å²) in [4.78, 5) is 17.8. The topological polar surface area (TPSA) is 65.0 Å². The van der Waals surface area contributed by atoms with Crippen molar-refractivity contribution in [1.29, 1.82) is 0 Å². The molecule has 1 aromatic rings. The summed E-state index contributed by atoms with van der Waals surface area (Å²) < 4.78 is 5.85. The number of hydrogen-bond acceptors (Lipinski definition) is 5. The van der Waals surface area contributed by atoms with Crippen LogP contribution in [-0.2, 0) is 0 Å². The van der Waals surface area contributed by atoms with Crippen LogP contribution in [0.5, 0.6) is 5.75 Å². The van der Waals surface area contributed by atoms with Crippen LogP contribution in [0, 0.1) is 5.92 Å². The Hall–Kier alpha value is -1.63. The summed E-state index contributed by atoms with van der Waals surface area (Å²) in [5, 5.41) is 13.7. The van der Waals surface area contributed by atoms with E-state index in [0.29, 0.717) is 12.2 Å². The molecule has 6 nitrogen and oxygen atoms in total. The molecule has 2 aliphatic heterocycles. The molecule has 1 aromatic carbocycles. The lowest BCUT2D eigenvalue weighted by molar-refractivity contribution is 0.0789. The average Bonchev–Trinajstić information content (AvgIpc) is 3.27. The van der Waals surface area contributed by atoms with Gasteiger partial charge in [-0.25, -0.2) is 0 Å². The van der Waals surface area contributed by atoms with Gasteiger partial charge in [-0.3, -0.25) is 9.69 Å². The van der Waals surface area contributed by atoms with Crippen LogP contribution in [0.15, 0.2) is 24.3 Å². The molecule has 0 unspecified atom stereocenters. The molecule has 2 atom stereocenters. The molecular weight excluding hydrogens is 402 g/mol. The van der Waals surface area contributed by atoms with Gasteiger partial charge in [0.2, 0.25) is 0 Å². The lowest BCUT2D eigenvalue weighted by atomic mass is 9.89. The standard InChI is InChI=1S/C26H41N3O3/c30-25-9-6-16-29(19-21-7-2-1-3-8-21)20-24(25)27-26(31)22-10-12-23(13-11-22)32-18-17-28-14-4-5-15-28/h10-13,21,24-25,30H,1-9,14-20H2,(H,27,31)/t24-,25+/m0/s1. The van der Waals surface area contributed by atoms with Crippen LogP contribution in [0.25, 0.3) is 0 Å². The maximum absolute atomic E-state index is 12.9. The fraction of sp³-hybridized carbons (Fsp3) is 0.731. The van der Waals surface area contributed by atoms with E-state index in [0.717, 1.165) is 50.7 Å². The van der Waals surface area contributed by atoms with Crippen molar-refractivity contribution in [2.75, 3.05) is 45.9 Å². The number of aliphatic hydroxyl groups excluding tert-OH is 1. The van der Waals surface area contributed by atoms with Gasteiger partial charge in [-0.2, -0.15) is 0 Å². The number of nitrogens with zero attached hydrogens (tertiary/aromatic N) is 2. The van der Waals surface area contributed by atoms with E-state index in [1.54, 1.807) is 0 Å². The van der Waals surface area contributed by atoms with E-state index >= 15 is 0 Å². The Balaban J connectivity index is 1.26. The molecule has 0 radical (unpaired) electrons. The first-order valence-corrected chi connectivity index (χ1v) is 12.8. The molecule has 178 valence electrons. The maximum atomic E-state index is 12.9. The molecule has 0 spiro atoms. The van der Waals surface area contributed by atoms with Crippen molar-refractivity contribution in [3.8, 4) is 5.75 Å². The van der Waals surface area contributed by atoms with Crippen molar-refractivity contribution in [1.82, 2.24) is 15.1 Å². The number of likely N-dealkylation sites (tertiary alicyclic amines) is 2. The first-order valence-electron chi connectivity index (χ1n) is 12.8. The summed E-state index contributed by atoms with van der Waals surface area (Å²) in [6.07, 6.45) is 10.5. The summed E-state index contributed by atoms with van der Waals surface area (Å²) in [6, 6.07) is 7.17. The summed E-state index contributed by atoms with van der Waals surface area (Å²) in [7, 11) is 0. The Morgan fingerprint density at radius 1 is 0.938 bits per heavy atom. The van der Waals surface area contributed by atoms with Crippen molar-refractivity contribution in [2.45, 2.75) is 69.9 Å². The predicted octanol–water partition coefficient (Wildman–Crippen LogP) is 3.30. The fourth-order valence-corrected chi connectivity index (χ4v) is 5.51. The minimum Gasteiger partial charge on any atom is -0.492 e. The van der Waals surface area contributed by atoms with Gasteiger partial charge < -0.3 is 20.1 Å². The van der Waals surface area contributed by atoms with Crippen LogP contribution in [0.4, 0.5) is 0 Å². The quantitative estimate of drug-likeness (QED) is 0.645. The second kappa shape index (κ2) is 12.0. The second-order valence-corrected chi connectivity index (χ2v) is 9.97. The van der Waals surface area contributed by atoms with Crippen molar-refractivity contribution < 1.29 is 14.6 Å². The van der Waals surface area contributed by atoms with E-state index in [-0.39, 0.29) is 11.9 Å². The van der Waals surface area contributed by atoms with Crippen LogP contribution in [0.2, 0.25) is 0 Å². The van der Waals surface area contributed by atoms with E-state index in [1.807, 2.05) is 24.3 Å². The molecule has 2 N–H and O–H groups in total. The zero-order valence-corrected chi connectivity index (χ0v) is 19.5. The number of hydrogen-bond donors (Lipinski definition) is 2. The number of benzene rings is 1. The van der Waals surface area contributed by atoms with Crippen molar-refractivity contribution in [2.24, 2.45) is 5.92 Å². The molecule has 2 heterocycles. The Kier molecular flexibility index (Phi) is 8.83. The summed E-state index contributed by atoms with van der Waals surface area (Å²) in [5.41, 5.74) is 0.618. The maximum Gasteiger partial charge on any atom is 0.251 e. The lowest BCUT2D eigenvalue weighted by Crippen LogP contribution is -2.49. The zero-order valence-electron chi connectivity index (χ0n) is 19.5. The first kappa shape index (κ1) is 23.5. The molecule has 1 amide bonds. The molecule has 0 bridgehead atoms. The molecule has 32 heavy (non-hydrogen) atoms. The molecule has 0 aromatic heterocycles. The Labute approximate surface area is 193 Å². The number of nitrogens with one attached hydrogen (secondary N) is 1. The zero-order chi connectivity index (χ0) is 22.2. The molecule has 2 saturated heterocycles. The van der Waals surface area contributed by atoms with Crippen molar-refractivity contribution in [3.63, 3.8) is 0 Å². The molecule has 3 fully saturated rings.